The normalized spacial score (nSPS) is 15.3. The quantitative estimate of drug-likeness (QED) is 0.830. The Balaban J connectivity index is 1.94. The van der Waals surface area contributed by atoms with Crippen LogP contribution in [0, 0.1) is 4.77 Å². The predicted molar refractivity (Wildman–Crippen MR) is 71.8 cm³/mol. The Bertz CT molecular complexity index is 459. The third kappa shape index (κ3) is 2.98. The van der Waals surface area contributed by atoms with E-state index in [4.69, 9.17) is 12.2 Å². The third-order valence-electron chi connectivity index (χ3n) is 3.32. The number of likely N-dealkylation sites (tertiary alicyclic amines) is 1. The molecule has 0 unspecified atom stereocenters. The number of rotatable bonds is 5. The van der Waals surface area contributed by atoms with Crippen LogP contribution in [0.5, 0.6) is 0 Å². The molecular formula is C12H20N4OS. The van der Waals surface area contributed by atoms with Gasteiger partial charge in [0.15, 0.2) is 4.77 Å². The third-order valence-corrected chi connectivity index (χ3v) is 3.63. The van der Waals surface area contributed by atoms with Crippen LogP contribution >= 0.6 is 12.2 Å². The number of aromatic nitrogens is 3. The van der Waals surface area contributed by atoms with Gasteiger partial charge >= 0.3 is 0 Å². The Labute approximate surface area is 112 Å². The number of carbonyl (C=O) groups excluding carboxylic acids is 1. The summed E-state index contributed by atoms with van der Waals surface area (Å²) < 4.78 is 2.57. The van der Waals surface area contributed by atoms with Gasteiger partial charge in [-0.3, -0.25) is 9.89 Å². The summed E-state index contributed by atoms with van der Waals surface area (Å²) in [6.07, 6.45) is 4.71. The Morgan fingerprint density at radius 1 is 1.44 bits per heavy atom. The standard InChI is InChI=1S/C12H20N4OS/c1-2-5-10-13-14-12(18)16(10)9-6-11(17)15-7-3-4-8-15/h2-9H2,1H3,(H,14,18). The van der Waals surface area contributed by atoms with Crippen LogP contribution in [0.1, 0.15) is 38.4 Å². The zero-order valence-electron chi connectivity index (χ0n) is 10.8. The smallest absolute Gasteiger partial charge is 0.224 e. The summed E-state index contributed by atoms with van der Waals surface area (Å²) in [5.74, 6) is 1.19. The molecule has 0 spiro atoms. The molecule has 0 aliphatic carbocycles. The fourth-order valence-corrected chi connectivity index (χ4v) is 2.57. The van der Waals surface area contributed by atoms with E-state index in [2.05, 4.69) is 17.1 Å². The van der Waals surface area contributed by atoms with Crippen LogP contribution in [-0.4, -0.2) is 38.7 Å². The van der Waals surface area contributed by atoms with Crippen molar-refractivity contribution in [2.45, 2.75) is 45.6 Å². The van der Waals surface area contributed by atoms with Crippen LogP contribution in [0.15, 0.2) is 0 Å². The van der Waals surface area contributed by atoms with E-state index in [1.165, 1.54) is 0 Å². The Morgan fingerprint density at radius 2 is 2.17 bits per heavy atom. The van der Waals surface area contributed by atoms with E-state index in [9.17, 15) is 4.79 Å². The lowest BCUT2D eigenvalue weighted by atomic mass is 10.3. The zero-order valence-corrected chi connectivity index (χ0v) is 11.6. The maximum atomic E-state index is 12.0. The van der Waals surface area contributed by atoms with Crippen LogP contribution in [0.2, 0.25) is 0 Å². The lowest BCUT2D eigenvalue weighted by molar-refractivity contribution is -0.130. The molecule has 1 aliphatic heterocycles. The van der Waals surface area contributed by atoms with Crippen LogP contribution < -0.4 is 0 Å². The lowest BCUT2D eigenvalue weighted by Crippen LogP contribution is -2.28. The first-order chi connectivity index (χ1) is 8.72. The van der Waals surface area contributed by atoms with E-state index < -0.39 is 0 Å². The minimum absolute atomic E-state index is 0.234. The van der Waals surface area contributed by atoms with Crippen LogP contribution in [0.4, 0.5) is 0 Å². The van der Waals surface area contributed by atoms with Crippen molar-refractivity contribution in [3.63, 3.8) is 0 Å². The first kappa shape index (κ1) is 13.3. The number of hydrogen-bond donors (Lipinski definition) is 1. The topological polar surface area (TPSA) is 53.9 Å². The minimum atomic E-state index is 0.234. The number of aryl methyl sites for hydroxylation is 1. The fraction of sp³-hybridized carbons (Fsp3) is 0.750. The Kier molecular flexibility index (Phi) is 4.52. The second kappa shape index (κ2) is 6.13. The number of hydrogen-bond acceptors (Lipinski definition) is 3. The van der Waals surface area contributed by atoms with Crippen molar-refractivity contribution in [2.75, 3.05) is 13.1 Å². The molecule has 6 heteroatoms. The van der Waals surface area contributed by atoms with Crippen molar-refractivity contribution in [3.8, 4) is 0 Å². The van der Waals surface area contributed by atoms with Gasteiger partial charge < -0.3 is 9.47 Å². The summed E-state index contributed by atoms with van der Waals surface area (Å²) in [6.45, 7) is 4.58. The van der Waals surface area contributed by atoms with Crippen LogP contribution in [0.3, 0.4) is 0 Å². The molecule has 1 saturated heterocycles. The minimum Gasteiger partial charge on any atom is -0.343 e. The molecule has 2 heterocycles. The largest absolute Gasteiger partial charge is 0.343 e. The van der Waals surface area contributed by atoms with Crippen molar-refractivity contribution >= 4 is 18.1 Å². The molecule has 1 aliphatic rings. The van der Waals surface area contributed by atoms with E-state index in [0.29, 0.717) is 17.7 Å². The summed E-state index contributed by atoms with van der Waals surface area (Å²) in [7, 11) is 0. The van der Waals surface area contributed by atoms with Gasteiger partial charge in [-0.25, -0.2) is 0 Å². The average molecular weight is 268 g/mol. The molecule has 1 fully saturated rings. The van der Waals surface area contributed by atoms with Crippen molar-refractivity contribution in [1.82, 2.24) is 19.7 Å². The summed E-state index contributed by atoms with van der Waals surface area (Å²) in [5, 5.41) is 7.01. The van der Waals surface area contributed by atoms with Gasteiger partial charge in [0.25, 0.3) is 0 Å². The number of H-pyrrole nitrogens is 1. The van der Waals surface area contributed by atoms with E-state index in [0.717, 1.165) is 44.6 Å². The zero-order chi connectivity index (χ0) is 13.0. The highest BCUT2D eigenvalue weighted by Gasteiger charge is 2.18. The number of aromatic amines is 1. The van der Waals surface area contributed by atoms with Gasteiger partial charge in [-0.05, 0) is 31.5 Å². The van der Waals surface area contributed by atoms with Crippen molar-refractivity contribution in [3.05, 3.63) is 10.6 Å². The molecule has 0 saturated carbocycles. The first-order valence-electron chi connectivity index (χ1n) is 6.64. The monoisotopic (exact) mass is 268 g/mol. The number of carbonyl (C=O) groups is 1. The number of amides is 1. The SMILES string of the molecule is CCCc1n[nH]c(=S)n1CCC(=O)N1CCCC1. The van der Waals surface area contributed by atoms with Crippen molar-refractivity contribution < 1.29 is 4.79 Å². The van der Waals surface area contributed by atoms with Gasteiger partial charge in [0.05, 0.1) is 0 Å². The summed E-state index contributed by atoms with van der Waals surface area (Å²) in [4.78, 5) is 13.9. The highest BCUT2D eigenvalue weighted by atomic mass is 32.1. The molecule has 18 heavy (non-hydrogen) atoms. The van der Waals surface area contributed by atoms with Gasteiger partial charge in [0.2, 0.25) is 5.91 Å². The molecule has 5 nitrogen and oxygen atoms in total. The number of nitrogens with zero attached hydrogens (tertiary/aromatic N) is 3. The molecule has 1 aromatic heterocycles. The fourth-order valence-electron chi connectivity index (χ4n) is 2.33. The van der Waals surface area contributed by atoms with E-state index in [1.807, 2.05) is 9.47 Å². The van der Waals surface area contributed by atoms with Crippen LogP contribution in [0.25, 0.3) is 0 Å². The van der Waals surface area contributed by atoms with Crippen LogP contribution in [-0.2, 0) is 17.8 Å². The Morgan fingerprint density at radius 3 is 2.83 bits per heavy atom. The number of nitrogens with one attached hydrogen (secondary N) is 1. The summed E-state index contributed by atoms with van der Waals surface area (Å²) in [6, 6.07) is 0. The summed E-state index contributed by atoms with van der Waals surface area (Å²) >= 11 is 5.19. The van der Waals surface area contributed by atoms with E-state index >= 15 is 0 Å². The maximum Gasteiger partial charge on any atom is 0.224 e. The molecule has 1 amide bonds. The molecule has 0 radical (unpaired) electrons. The van der Waals surface area contributed by atoms with Crippen molar-refractivity contribution in [2.24, 2.45) is 0 Å². The predicted octanol–water partition coefficient (Wildman–Crippen LogP) is 1.91. The first-order valence-corrected chi connectivity index (χ1v) is 7.05. The molecule has 1 N–H and O–H groups in total. The average Bonchev–Trinajstić information content (AvgIpc) is 2.98. The molecule has 0 atom stereocenters. The van der Waals surface area contributed by atoms with Gasteiger partial charge in [0.1, 0.15) is 5.82 Å². The van der Waals surface area contributed by atoms with Crippen molar-refractivity contribution in [1.29, 1.82) is 0 Å². The van der Waals surface area contributed by atoms with Gasteiger partial charge in [-0.1, -0.05) is 6.92 Å². The Hall–Kier alpha value is -1.17. The molecular weight excluding hydrogens is 248 g/mol. The molecule has 100 valence electrons. The lowest BCUT2D eigenvalue weighted by Gasteiger charge is -2.15. The molecule has 1 aromatic rings. The second-order valence-corrected chi connectivity index (χ2v) is 5.07. The highest BCUT2D eigenvalue weighted by molar-refractivity contribution is 7.71. The van der Waals surface area contributed by atoms with Gasteiger partial charge in [-0.15, -0.1) is 0 Å². The molecule has 2 rings (SSSR count). The van der Waals surface area contributed by atoms with Gasteiger partial charge in [0, 0.05) is 32.5 Å². The molecule has 0 aromatic carbocycles. The summed E-state index contributed by atoms with van der Waals surface area (Å²) in [5.41, 5.74) is 0. The highest BCUT2D eigenvalue weighted by Crippen LogP contribution is 2.10. The van der Waals surface area contributed by atoms with E-state index in [1.54, 1.807) is 0 Å². The second-order valence-electron chi connectivity index (χ2n) is 4.68. The van der Waals surface area contributed by atoms with Gasteiger partial charge in [-0.2, -0.15) is 5.10 Å². The van der Waals surface area contributed by atoms with E-state index in [-0.39, 0.29) is 5.91 Å². The molecule has 0 bridgehead atoms. The maximum absolute atomic E-state index is 12.0.